The minimum atomic E-state index is -0.540. The largest absolute Gasteiger partial charge is 0.288 e. The quantitative estimate of drug-likeness (QED) is 0.331. The number of benzene rings is 3. The topological polar surface area (TPSA) is 97.9 Å². The number of hydrogen-bond donors (Lipinski definition) is 2. The Morgan fingerprint density at radius 2 is 1.75 bits per heavy atom. The number of rotatable bonds is 5. The predicted octanol–water partition coefficient (Wildman–Crippen LogP) is 3.67. The molecule has 0 aliphatic rings. The van der Waals surface area contributed by atoms with Gasteiger partial charge in [0.15, 0.2) is 0 Å². The van der Waals surface area contributed by atoms with Crippen molar-refractivity contribution in [1.29, 1.82) is 0 Å². The van der Waals surface area contributed by atoms with Crippen molar-refractivity contribution in [3.05, 3.63) is 90.0 Å². The van der Waals surface area contributed by atoms with Crippen molar-refractivity contribution in [1.82, 2.24) is 30.3 Å². The lowest BCUT2D eigenvalue weighted by Gasteiger charge is -2.08. The number of nitrogens with zero attached hydrogens (tertiary/aromatic N) is 5. The molecule has 0 atom stereocenters. The van der Waals surface area contributed by atoms with Gasteiger partial charge < -0.3 is 0 Å². The van der Waals surface area contributed by atoms with Crippen LogP contribution in [-0.2, 0) is 13.6 Å². The van der Waals surface area contributed by atoms with Crippen LogP contribution in [0.3, 0.4) is 0 Å². The number of carbonyl (C=O) groups excluding carboxylic acids is 1. The molecule has 32 heavy (non-hydrogen) atoms. The summed E-state index contributed by atoms with van der Waals surface area (Å²) in [4.78, 5) is 11.6. The normalized spacial score (nSPS) is 11.1. The van der Waals surface area contributed by atoms with Crippen LogP contribution in [0, 0.1) is 0 Å². The zero-order valence-corrected chi connectivity index (χ0v) is 17.3. The Balaban J connectivity index is 1.54. The van der Waals surface area contributed by atoms with E-state index >= 15 is 0 Å². The predicted molar refractivity (Wildman–Crippen MR) is 120 cm³/mol. The Kier molecular flexibility index (Phi) is 4.97. The molecule has 8 heteroatoms. The molecular weight excluding hydrogens is 404 g/mol. The summed E-state index contributed by atoms with van der Waals surface area (Å²) < 4.78 is 3.69. The lowest BCUT2D eigenvalue weighted by molar-refractivity contribution is 0.0706. The Morgan fingerprint density at radius 3 is 2.50 bits per heavy atom. The van der Waals surface area contributed by atoms with Gasteiger partial charge in [-0.1, -0.05) is 53.7 Å². The zero-order valence-electron chi connectivity index (χ0n) is 17.3. The van der Waals surface area contributed by atoms with Gasteiger partial charge in [0, 0.05) is 18.2 Å². The average molecular weight is 424 g/mol. The number of fused-ring (bicyclic) bond motifs is 1. The second kappa shape index (κ2) is 8.09. The number of hydrogen-bond acceptors (Lipinski definition) is 5. The minimum Gasteiger partial charge on any atom is -0.288 e. The fourth-order valence-corrected chi connectivity index (χ4v) is 3.72. The van der Waals surface area contributed by atoms with E-state index < -0.39 is 5.91 Å². The monoisotopic (exact) mass is 424 g/mol. The number of carbonyl (C=O) groups is 1. The first-order valence-electron chi connectivity index (χ1n) is 10.1. The second-order valence-electron chi connectivity index (χ2n) is 7.49. The highest BCUT2D eigenvalue weighted by Crippen LogP contribution is 2.28. The fraction of sp³-hybridized carbons (Fsp3) is 0.0833. The van der Waals surface area contributed by atoms with Crippen molar-refractivity contribution in [3.8, 4) is 22.5 Å². The van der Waals surface area contributed by atoms with E-state index in [9.17, 15) is 4.79 Å². The molecule has 8 nitrogen and oxygen atoms in total. The summed E-state index contributed by atoms with van der Waals surface area (Å²) in [6.07, 6.45) is 0. The maximum Gasteiger partial charge on any atom is 0.274 e. The molecule has 158 valence electrons. The van der Waals surface area contributed by atoms with Gasteiger partial charge in [0.25, 0.3) is 5.91 Å². The number of amides is 1. The fourth-order valence-electron chi connectivity index (χ4n) is 3.72. The van der Waals surface area contributed by atoms with E-state index in [1.54, 1.807) is 22.3 Å². The molecule has 0 unspecified atom stereocenters. The SMILES string of the molecule is Cn1nnc2cc(-c3cc(-c4ccccc4)n(Cc4ccc(C(=O)NO)cc4)n3)ccc21. The van der Waals surface area contributed by atoms with Gasteiger partial charge in [0.1, 0.15) is 5.52 Å². The van der Waals surface area contributed by atoms with Crippen LogP contribution in [0.1, 0.15) is 15.9 Å². The highest BCUT2D eigenvalue weighted by Gasteiger charge is 2.14. The highest BCUT2D eigenvalue weighted by atomic mass is 16.5. The van der Waals surface area contributed by atoms with Crippen molar-refractivity contribution < 1.29 is 10.0 Å². The molecule has 0 aliphatic carbocycles. The van der Waals surface area contributed by atoms with Crippen molar-refractivity contribution in [3.63, 3.8) is 0 Å². The molecule has 0 aliphatic heterocycles. The first-order chi connectivity index (χ1) is 15.6. The van der Waals surface area contributed by atoms with Gasteiger partial charge in [0.05, 0.1) is 23.4 Å². The van der Waals surface area contributed by atoms with Gasteiger partial charge in [-0.25, -0.2) is 10.2 Å². The molecule has 2 N–H and O–H groups in total. The van der Waals surface area contributed by atoms with Crippen molar-refractivity contribution >= 4 is 16.9 Å². The van der Waals surface area contributed by atoms with Gasteiger partial charge in [0.2, 0.25) is 0 Å². The maximum absolute atomic E-state index is 11.6. The van der Waals surface area contributed by atoms with Crippen LogP contribution in [-0.4, -0.2) is 35.9 Å². The Hall–Kier alpha value is -4.30. The van der Waals surface area contributed by atoms with Crippen molar-refractivity contribution in [2.45, 2.75) is 6.54 Å². The summed E-state index contributed by atoms with van der Waals surface area (Å²) in [5.41, 5.74) is 8.64. The molecule has 0 saturated carbocycles. The Labute approximate surface area is 183 Å². The lowest BCUT2D eigenvalue weighted by atomic mass is 10.1. The van der Waals surface area contributed by atoms with Gasteiger partial charge in [-0.15, -0.1) is 5.10 Å². The smallest absolute Gasteiger partial charge is 0.274 e. The van der Waals surface area contributed by atoms with E-state index in [2.05, 4.69) is 28.5 Å². The summed E-state index contributed by atoms with van der Waals surface area (Å²) in [7, 11) is 1.87. The minimum absolute atomic E-state index is 0.387. The number of hydroxylamine groups is 1. The van der Waals surface area contributed by atoms with Crippen LogP contribution in [0.4, 0.5) is 0 Å². The Bertz CT molecular complexity index is 1400. The zero-order chi connectivity index (χ0) is 22.1. The standard InChI is InChI=1S/C24H20N6O2/c1-29-22-12-11-19(13-21(22)25-28-29)20-14-23(17-5-3-2-4-6-17)30(26-20)15-16-7-9-18(10-8-16)24(31)27-32/h2-14,32H,15H2,1H3,(H,27,31). The first kappa shape index (κ1) is 19.7. The van der Waals surface area contributed by atoms with Crippen LogP contribution in [0.2, 0.25) is 0 Å². The third kappa shape index (κ3) is 3.63. The van der Waals surface area contributed by atoms with E-state index in [4.69, 9.17) is 10.3 Å². The second-order valence-corrected chi connectivity index (χ2v) is 7.49. The average Bonchev–Trinajstić information content (AvgIpc) is 3.43. The highest BCUT2D eigenvalue weighted by molar-refractivity contribution is 5.93. The van der Waals surface area contributed by atoms with Crippen LogP contribution in [0.25, 0.3) is 33.5 Å². The number of nitrogens with one attached hydrogen (secondary N) is 1. The molecule has 2 heterocycles. The van der Waals surface area contributed by atoms with E-state index in [1.165, 1.54) is 0 Å². The van der Waals surface area contributed by atoms with Crippen molar-refractivity contribution in [2.75, 3.05) is 0 Å². The van der Waals surface area contributed by atoms with Crippen LogP contribution >= 0.6 is 0 Å². The molecular formula is C24H20N6O2. The molecule has 1 amide bonds. The molecule has 0 fully saturated rings. The summed E-state index contributed by atoms with van der Waals surface area (Å²) in [5, 5.41) is 22.0. The Morgan fingerprint density at radius 1 is 0.969 bits per heavy atom. The van der Waals surface area contributed by atoms with E-state index in [0.29, 0.717) is 12.1 Å². The summed E-state index contributed by atoms with van der Waals surface area (Å²) >= 11 is 0. The number of aromatic nitrogens is 5. The molecule has 0 spiro atoms. The van der Waals surface area contributed by atoms with Crippen molar-refractivity contribution in [2.24, 2.45) is 7.05 Å². The molecule has 5 rings (SSSR count). The van der Waals surface area contributed by atoms with Gasteiger partial charge in [-0.2, -0.15) is 5.10 Å². The van der Waals surface area contributed by atoms with Gasteiger partial charge in [-0.3, -0.25) is 14.7 Å². The third-order valence-electron chi connectivity index (χ3n) is 5.41. The molecule has 2 aromatic heterocycles. The van der Waals surface area contributed by atoms with Crippen LogP contribution < -0.4 is 5.48 Å². The van der Waals surface area contributed by atoms with E-state index in [0.717, 1.165) is 39.1 Å². The summed E-state index contributed by atoms with van der Waals surface area (Å²) in [5.74, 6) is -0.540. The van der Waals surface area contributed by atoms with E-state index in [1.807, 2.05) is 60.3 Å². The lowest BCUT2D eigenvalue weighted by Crippen LogP contribution is -2.18. The van der Waals surface area contributed by atoms with Gasteiger partial charge in [-0.05, 0) is 41.5 Å². The maximum atomic E-state index is 11.6. The van der Waals surface area contributed by atoms with Crippen LogP contribution in [0.15, 0.2) is 78.9 Å². The van der Waals surface area contributed by atoms with Gasteiger partial charge >= 0.3 is 0 Å². The summed E-state index contributed by atoms with van der Waals surface area (Å²) in [6.45, 7) is 0.526. The molecule has 3 aromatic carbocycles. The molecule has 5 aromatic rings. The molecule has 0 radical (unpaired) electrons. The third-order valence-corrected chi connectivity index (χ3v) is 5.41. The first-order valence-corrected chi connectivity index (χ1v) is 10.1. The molecule has 0 saturated heterocycles. The number of aryl methyl sites for hydroxylation is 1. The van der Waals surface area contributed by atoms with E-state index in [-0.39, 0.29) is 0 Å². The van der Waals surface area contributed by atoms with Crippen LogP contribution in [0.5, 0.6) is 0 Å². The summed E-state index contributed by atoms with van der Waals surface area (Å²) in [6, 6.07) is 25.2. The molecule has 0 bridgehead atoms.